The number of hydrogen-bond acceptors (Lipinski definition) is 11. The van der Waals surface area contributed by atoms with Crippen LogP contribution in [0.4, 0.5) is 9.59 Å². The Bertz CT molecular complexity index is 877. The lowest BCUT2D eigenvalue weighted by molar-refractivity contribution is -0.185. The Morgan fingerprint density at radius 2 is 1.27 bits per heavy atom. The van der Waals surface area contributed by atoms with Crippen molar-refractivity contribution < 1.29 is 52.7 Å². The number of aliphatic hydroxyl groups excluding tert-OH is 1. The highest BCUT2D eigenvalue weighted by Gasteiger charge is 2.44. The number of rotatable bonds is 4. The molecule has 0 radical (unpaired) electrons. The topological polar surface area (TPSA) is 150 Å². The summed E-state index contributed by atoms with van der Waals surface area (Å²) in [5, 5.41) is 9.50. The Kier molecular flexibility index (Phi) is 12.0. The predicted octanol–water partition coefficient (Wildman–Crippen LogP) is 2.61. The number of β-amino-alcohol motifs (C(OH)–C–C–N with tert-alkyl or cyclic N) is 1. The van der Waals surface area contributed by atoms with Gasteiger partial charge in [0.1, 0.15) is 23.3 Å². The van der Waals surface area contributed by atoms with Gasteiger partial charge in [0.15, 0.2) is 6.29 Å². The molecule has 0 aromatic rings. The van der Waals surface area contributed by atoms with Gasteiger partial charge in [-0.3, -0.25) is 9.80 Å². The minimum absolute atomic E-state index is 0.0919. The van der Waals surface area contributed by atoms with Gasteiger partial charge in [0, 0.05) is 19.4 Å². The van der Waals surface area contributed by atoms with Gasteiger partial charge < -0.3 is 33.5 Å². The van der Waals surface area contributed by atoms with Crippen LogP contribution in [-0.2, 0) is 38.0 Å². The van der Waals surface area contributed by atoms with Crippen molar-refractivity contribution in [1.29, 1.82) is 0 Å². The first-order valence-electron chi connectivity index (χ1n) is 13.6. The molecule has 0 aromatic heterocycles. The van der Waals surface area contributed by atoms with Crippen molar-refractivity contribution in [2.75, 3.05) is 33.9 Å². The van der Waals surface area contributed by atoms with E-state index in [4.69, 9.17) is 23.7 Å². The van der Waals surface area contributed by atoms with Crippen LogP contribution >= 0.6 is 0 Å². The molecule has 0 spiro atoms. The summed E-state index contributed by atoms with van der Waals surface area (Å²) in [6.07, 6.45) is 1.16. The Morgan fingerprint density at radius 1 is 0.775 bits per heavy atom. The highest BCUT2D eigenvalue weighted by Crippen LogP contribution is 2.27. The van der Waals surface area contributed by atoms with Gasteiger partial charge in [-0.2, -0.15) is 0 Å². The zero-order valence-electron chi connectivity index (χ0n) is 25.0. The van der Waals surface area contributed by atoms with Gasteiger partial charge in [-0.05, 0) is 60.8 Å². The molecule has 230 valence electrons. The third-order valence-electron chi connectivity index (χ3n) is 6.23. The van der Waals surface area contributed by atoms with Crippen LogP contribution in [0.15, 0.2) is 0 Å². The molecular formula is C27H46N2O11. The first-order chi connectivity index (χ1) is 18.5. The Hall–Kier alpha value is -2.64. The maximum atomic E-state index is 12.3. The fourth-order valence-electron chi connectivity index (χ4n) is 4.51. The van der Waals surface area contributed by atoms with Crippen LogP contribution < -0.4 is 0 Å². The Labute approximate surface area is 236 Å². The molecule has 3 saturated heterocycles. The summed E-state index contributed by atoms with van der Waals surface area (Å²) in [5.41, 5.74) is -1.26. The van der Waals surface area contributed by atoms with Crippen molar-refractivity contribution in [2.45, 2.75) is 115 Å². The molecule has 3 aliphatic heterocycles. The van der Waals surface area contributed by atoms with Gasteiger partial charge in [0.2, 0.25) is 0 Å². The van der Waals surface area contributed by atoms with Crippen molar-refractivity contribution in [3.05, 3.63) is 0 Å². The number of nitrogens with zero attached hydrogens (tertiary/aromatic N) is 2. The second-order valence-electron chi connectivity index (χ2n) is 12.0. The van der Waals surface area contributed by atoms with Crippen LogP contribution in [0.3, 0.4) is 0 Å². The van der Waals surface area contributed by atoms with Crippen LogP contribution in [-0.4, -0.2) is 115 Å². The largest absolute Gasteiger partial charge is 0.467 e. The summed E-state index contributed by atoms with van der Waals surface area (Å²) < 4.78 is 31.4. The van der Waals surface area contributed by atoms with Crippen LogP contribution in [0, 0.1) is 0 Å². The molecule has 0 aromatic carbocycles. The summed E-state index contributed by atoms with van der Waals surface area (Å²) in [7, 11) is 2.56. The number of methoxy groups -OCH3 is 2. The fraction of sp³-hybridized carbons (Fsp3) is 0.852. The molecule has 2 amide bonds. The van der Waals surface area contributed by atoms with E-state index in [0.29, 0.717) is 19.6 Å². The Morgan fingerprint density at radius 3 is 1.73 bits per heavy atom. The molecule has 13 heteroatoms. The van der Waals surface area contributed by atoms with E-state index in [-0.39, 0.29) is 25.4 Å². The molecule has 3 heterocycles. The second-order valence-corrected chi connectivity index (χ2v) is 12.0. The average Bonchev–Trinajstić information content (AvgIpc) is 3.46. The molecule has 40 heavy (non-hydrogen) atoms. The maximum Gasteiger partial charge on any atom is 0.411 e. The molecule has 5 atom stereocenters. The summed E-state index contributed by atoms with van der Waals surface area (Å²) in [5.74, 6) is -0.987. The summed E-state index contributed by atoms with van der Waals surface area (Å²) in [6.45, 7) is 11.7. The molecule has 3 rings (SSSR count). The lowest BCUT2D eigenvalue weighted by Gasteiger charge is -2.27. The molecule has 0 aliphatic carbocycles. The highest BCUT2D eigenvalue weighted by molar-refractivity contribution is 5.83. The number of amides is 2. The van der Waals surface area contributed by atoms with Crippen molar-refractivity contribution >= 4 is 24.1 Å². The molecule has 3 aliphatic rings. The molecule has 13 nitrogen and oxygen atoms in total. The molecule has 3 fully saturated rings. The van der Waals surface area contributed by atoms with Gasteiger partial charge in [-0.1, -0.05) is 0 Å². The van der Waals surface area contributed by atoms with Crippen molar-refractivity contribution in [3.63, 3.8) is 0 Å². The standard InChI is InChI=1S/C16H27NO6.C11H19NO5/c1-16(2,3)23-15(19)17-10-11(9-12(17)14(18)20-4)22-13-7-5-6-8-21-13;1-11(2,3)17-10(15)12-6-7(13)5-8(12)9(14)16-4/h11-13H,5-10H2,1-4H3;7-8,13H,5-6H2,1-4H3/t11-,12+,13?;7-,8+/m11/s1. The number of likely N-dealkylation sites (tertiary alicyclic amines) is 2. The fourth-order valence-corrected chi connectivity index (χ4v) is 4.51. The molecule has 0 saturated carbocycles. The minimum atomic E-state index is -0.759. The quantitative estimate of drug-likeness (QED) is 0.390. The first-order valence-corrected chi connectivity index (χ1v) is 13.6. The van der Waals surface area contributed by atoms with E-state index in [2.05, 4.69) is 4.74 Å². The van der Waals surface area contributed by atoms with Crippen LogP contribution in [0.1, 0.15) is 73.6 Å². The zero-order valence-corrected chi connectivity index (χ0v) is 25.0. The number of esters is 2. The van der Waals surface area contributed by atoms with E-state index < -0.39 is 53.5 Å². The third kappa shape index (κ3) is 10.4. The molecule has 1 N–H and O–H groups in total. The molecule has 0 bridgehead atoms. The van der Waals surface area contributed by atoms with E-state index in [9.17, 15) is 24.3 Å². The lowest BCUT2D eigenvalue weighted by Crippen LogP contribution is -2.44. The van der Waals surface area contributed by atoms with Crippen molar-refractivity contribution in [2.24, 2.45) is 0 Å². The lowest BCUT2D eigenvalue weighted by atomic mass is 10.2. The van der Waals surface area contributed by atoms with Crippen LogP contribution in [0.2, 0.25) is 0 Å². The van der Waals surface area contributed by atoms with E-state index in [1.54, 1.807) is 41.5 Å². The average molecular weight is 575 g/mol. The molecule has 1 unspecified atom stereocenters. The van der Waals surface area contributed by atoms with E-state index in [1.807, 2.05) is 0 Å². The second kappa shape index (κ2) is 14.3. The number of ether oxygens (including phenoxy) is 6. The van der Waals surface area contributed by atoms with Crippen molar-refractivity contribution in [1.82, 2.24) is 9.80 Å². The summed E-state index contributed by atoms with van der Waals surface area (Å²) >= 11 is 0. The normalized spacial score (nSPS) is 26.9. The summed E-state index contributed by atoms with van der Waals surface area (Å²) in [4.78, 5) is 50.2. The molecular weight excluding hydrogens is 528 g/mol. The minimum Gasteiger partial charge on any atom is -0.467 e. The SMILES string of the molecule is COC(=O)[C@@H]1C[C@@H](O)CN1C(=O)OC(C)(C)C.COC(=O)[C@@H]1C[C@@H](OC2CCCCO2)CN1C(=O)OC(C)(C)C. The first kappa shape index (κ1) is 33.6. The van der Waals surface area contributed by atoms with Gasteiger partial charge >= 0.3 is 24.1 Å². The highest BCUT2D eigenvalue weighted by atomic mass is 16.7. The summed E-state index contributed by atoms with van der Waals surface area (Å²) in [6, 6.07) is -1.44. The van der Waals surface area contributed by atoms with Crippen LogP contribution in [0.25, 0.3) is 0 Å². The van der Waals surface area contributed by atoms with Gasteiger partial charge in [0.05, 0.1) is 39.5 Å². The van der Waals surface area contributed by atoms with Crippen molar-refractivity contribution in [3.8, 4) is 0 Å². The van der Waals surface area contributed by atoms with E-state index in [1.165, 1.54) is 24.0 Å². The van der Waals surface area contributed by atoms with Gasteiger partial charge in [0.25, 0.3) is 0 Å². The zero-order chi connectivity index (χ0) is 30.3. The smallest absolute Gasteiger partial charge is 0.411 e. The Balaban J connectivity index is 0.000000294. The van der Waals surface area contributed by atoms with Crippen LogP contribution in [0.5, 0.6) is 0 Å². The maximum absolute atomic E-state index is 12.3. The van der Waals surface area contributed by atoms with E-state index >= 15 is 0 Å². The number of carbonyl (C=O) groups excluding carboxylic acids is 4. The van der Waals surface area contributed by atoms with E-state index in [0.717, 1.165) is 19.3 Å². The number of hydrogen-bond donors (Lipinski definition) is 1. The number of carbonyl (C=O) groups is 4. The number of aliphatic hydroxyl groups is 1. The third-order valence-corrected chi connectivity index (χ3v) is 6.23. The monoisotopic (exact) mass is 574 g/mol. The van der Waals surface area contributed by atoms with Gasteiger partial charge in [-0.25, -0.2) is 19.2 Å². The van der Waals surface area contributed by atoms with Gasteiger partial charge in [-0.15, -0.1) is 0 Å². The predicted molar refractivity (Wildman–Crippen MR) is 141 cm³/mol.